The normalized spacial score (nSPS) is 22.4. The van der Waals surface area contributed by atoms with Crippen molar-refractivity contribution in [2.75, 3.05) is 45.0 Å². The second kappa shape index (κ2) is 9.22. The van der Waals surface area contributed by atoms with Gasteiger partial charge in [0.15, 0.2) is 0 Å². The standard InChI is InChI=1S/C26H30N4O5/c1-16(31)29-24-10-19-20(12-27-22(19)13-28-24)21-11-23(34-14-17-2-6-32-7-3-17)18-4-8-35-26(25(18)30-21)5-9-33-15-26/h10-13,17,27H,2-9,14-15H2,1H3,(H,28,29,31). The number of fused-ring (bicyclic) bond motifs is 3. The van der Waals surface area contributed by atoms with Crippen LogP contribution in [0.2, 0.25) is 0 Å². The predicted molar refractivity (Wildman–Crippen MR) is 129 cm³/mol. The van der Waals surface area contributed by atoms with Gasteiger partial charge in [0.05, 0.1) is 42.9 Å². The van der Waals surface area contributed by atoms with Crippen LogP contribution < -0.4 is 10.1 Å². The number of H-pyrrole nitrogens is 1. The van der Waals surface area contributed by atoms with Gasteiger partial charge >= 0.3 is 0 Å². The van der Waals surface area contributed by atoms with Crippen molar-refractivity contribution in [3.05, 3.63) is 35.8 Å². The molecule has 0 aromatic carbocycles. The molecule has 0 saturated carbocycles. The summed E-state index contributed by atoms with van der Waals surface area (Å²) in [6.45, 7) is 5.50. The highest BCUT2D eigenvalue weighted by Crippen LogP contribution is 2.44. The Bertz CT molecular complexity index is 1240. The van der Waals surface area contributed by atoms with E-state index in [1.54, 1.807) is 6.20 Å². The topological polar surface area (TPSA) is 108 Å². The lowest BCUT2D eigenvalue weighted by Crippen LogP contribution is -2.37. The molecule has 35 heavy (non-hydrogen) atoms. The third-order valence-electron chi connectivity index (χ3n) is 7.19. The molecule has 0 radical (unpaired) electrons. The number of ether oxygens (including phenoxy) is 4. The van der Waals surface area contributed by atoms with Gasteiger partial charge in [-0.05, 0) is 24.8 Å². The van der Waals surface area contributed by atoms with Gasteiger partial charge in [0.2, 0.25) is 5.91 Å². The number of nitrogens with zero attached hydrogens (tertiary/aromatic N) is 2. The molecule has 3 aliphatic rings. The molecule has 1 atom stereocenters. The first-order valence-corrected chi connectivity index (χ1v) is 12.3. The average molecular weight is 479 g/mol. The molecule has 6 rings (SSSR count). The van der Waals surface area contributed by atoms with Crippen LogP contribution >= 0.6 is 0 Å². The molecule has 6 heterocycles. The van der Waals surface area contributed by atoms with Gasteiger partial charge in [-0.15, -0.1) is 0 Å². The first-order valence-electron chi connectivity index (χ1n) is 12.3. The van der Waals surface area contributed by atoms with Gasteiger partial charge in [-0.1, -0.05) is 0 Å². The van der Waals surface area contributed by atoms with Crippen molar-refractivity contribution in [2.24, 2.45) is 5.92 Å². The van der Waals surface area contributed by atoms with Gasteiger partial charge in [-0.25, -0.2) is 9.97 Å². The largest absolute Gasteiger partial charge is 0.493 e. The molecule has 2 N–H and O–H groups in total. The van der Waals surface area contributed by atoms with E-state index in [1.807, 2.05) is 18.3 Å². The zero-order valence-electron chi connectivity index (χ0n) is 19.9. The minimum atomic E-state index is -0.532. The molecule has 3 aromatic heterocycles. The predicted octanol–water partition coefficient (Wildman–Crippen LogP) is 3.58. The lowest BCUT2D eigenvalue weighted by Gasteiger charge is -2.35. The Labute approximate surface area is 203 Å². The summed E-state index contributed by atoms with van der Waals surface area (Å²) in [7, 11) is 0. The van der Waals surface area contributed by atoms with E-state index in [4.69, 9.17) is 23.9 Å². The van der Waals surface area contributed by atoms with Crippen LogP contribution in [0.15, 0.2) is 24.5 Å². The maximum Gasteiger partial charge on any atom is 0.222 e. The summed E-state index contributed by atoms with van der Waals surface area (Å²) in [5, 5.41) is 3.70. The molecule has 0 bridgehead atoms. The summed E-state index contributed by atoms with van der Waals surface area (Å²) >= 11 is 0. The highest BCUT2D eigenvalue weighted by Gasteiger charge is 2.44. The Balaban J connectivity index is 1.43. The fraction of sp³-hybridized carbons (Fsp3) is 0.500. The Morgan fingerprint density at radius 1 is 1.23 bits per heavy atom. The van der Waals surface area contributed by atoms with Crippen LogP contribution in [0.4, 0.5) is 5.82 Å². The van der Waals surface area contributed by atoms with Crippen molar-refractivity contribution in [2.45, 2.75) is 38.2 Å². The minimum Gasteiger partial charge on any atom is -0.493 e. The summed E-state index contributed by atoms with van der Waals surface area (Å²) < 4.78 is 24.1. The molecule has 1 unspecified atom stereocenters. The van der Waals surface area contributed by atoms with E-state index in [0.29, 0.717) is 38.2 Å². The molecule has 3 aromatic rings. The van der Waals surface area contributed by atoms with Gasteiger partial charge < -0.3 is 29.2 Å². The first kappa shape index (κ1) is 22.5. The van der Waals surface area contributed by atoms with Crippen LogP contribution in [0.5, 0.6) is 5.75 Å². The van der Waals surface area contributed by atoms with Crippen molar-refractivity contribution in [3.63, 3.8) is 0 Å². The lowest BCUT2D eigenvalue weighted by atomic mass is 9.89. The summed E-state index contributed by atoms with van der Waals surface area (Å²) in [5.74, 6) is 1.70. The smallest absolute Gasteiger partial charge is 0.222 e. The van der Waals surface area contributed by atoms with Crippen LogP contribution in [0, 0.1) is 5.92 Å². The van der Waals surface area contributed by atoms with Gasteiger partial charge in [-0.3, -0.25) is 4.79 Å². The summed E-state index contributed by atoms with van der Waals surface area (Å²) in [6, 6.07) is 3.92. The summed E-state index contributed by atoms with van der Waals surface area (Å²) in [6.07, 6.45) is 7.23. The van der Waals surface area contributed by atoms with Crippen LogP contribution in [-0.4, -0.2) is 60.5 Å². The van der Waals surface area contributed by atoms with Crippen LogP contribution in [0.1, 0.15) is 37.4 Å². The van der Waals surface area contributed by atoms with E-state index in [1.165, 1.54) is 6.92 Å². The molecule has 3 aliphatic heterocycles. The number of carbonyl (C=O) groups excluding carboxylic acids is 1. The maximum atomic E-state index is 11.6. The van der Waals surface area contributed by atoms with Crippen LogP contribution in [0.3, 0.4) is 0 Å². The molecular weight excluding hydrogens is 448 g/mol. The van der Waals surface area contributed by atoms with Crippen molar-refractivity contribution >= 4 is 22.6 Å². The summed E-state index contributed by atoms with van der Waals surface area (Å²) in [5.41, 5.74) is 4.11. The highest BCUT2D eigenvalue weighted by atomic mass is 16.6. The maximum absolute atomic E-state index is 11.6. The van der Waals surface area contributed by atoms with Crippen LogP contribution in [0.25, 0.3) is 22.2 Å². The number of nitrogens with one attached hydrogen (secondary N) is 2. The minimum absolute atomic E-state index is 0.162. The number of anilines is 1. The van der Waals surface area contributed by atoms with Crippen LogP contribution in [-0.2, 0) is 31.0 Å². The Hall–Kier alpha value is -3.01. The zero-order valence-corrected chi connectivity index (χ0v) is 19.9. The number of rotatable bonds is 5. The van der Waals surface area contributed by atoms with Crippen molar-refractivity contribution in [1.29, 1.82) is 0 Å². The number of aromatic nitrogens is 3. The van der Waals surface area contributed by atoms with E-state index in [-0.39, 0.29) is 5.91 Å². The number of pyridine rings is 2. The van der Waals surface area contributed by atoms with E-state index in [2.05, 4.69) is 15.3 Å². The average Bonchev–Trinajstić information content (AvgIpc) is 3.51. The SMILES string of the molecule is CC(=O)Nc1cc2c(-c3cc(OCC4CCOCC4)c4c(n3)C3(CCOC3)OCC4)c[nH]c2cn1. The molecule has 2 fully saturated rings. The molecule has 0 aliphatic carbocycles. The number of carbonyl (C=O) groups is 1. The van der Waals surface area contributed by atoms with E-state index < -0.39 is 5.60 Å². The second-order valence-electron chi connectivity index (χ2n) is 9.59. The van der Waals surface area contributed by atoms with Gasteiger partial charge in [0, 0.05) is 68.4 Å². The molecule has 2 saturated heterocycles. The lowest BCUT2D eigenvalue weighted by molar-refractivity contribution is -0.114. The third-order valence-corrected chi connectivity index (χ3v) is 7.19. The van der Waals surface area contributed by atoms with Gasteiger partial charge in [-0.2, -0.15) is 0 Å². The molecule has 1 amide bonds. The highest BCUT2D eigenvalue weighted by molar-refractivity contribution is 5.97. The van der Waals surface area contributed by atoms with Crippen molar-refractivity contribution in [3.8, 4) is 17.0 Å². The molecule has 1 spiro atoms. The Kier molecular flexibility index (Phi) is 5.91. The van der Waals surface area contributed by atoms with E-state index in [0.717, 1.165) is 78.1 Å². The zero-order chi connectivity index (χ0) is 23.8. The Morgan fingerprint density at radius 3 is 2.91 bits per heavy atom. The molecular formula is C26H30N4O5. The fourth-order valence-corrected chi connectivity index (χ4v) is 5.30. The van der Waals surface area contributed by atoms with Crippen molar-refractivity contribution in [1.82, 2.24) is 15.0 Å². The number of hydrogen-bond donors (Lipinski definition) is 2. The molecule has 9 nitrogen and oxygen atoms in total. The monoisotopic (exact) mass is 478 g/mol. The number of aromatic amines is 1. The third kappa shape index (κ3) is 4.28. The number of hydrogen-bond acceptors (Lipinski definition) is 7. The molecule has 9 heteroatoms. The number of amides is 1. The van der Waals surface area contributed by atoms with Gasteiger partial charge in [0.1, 0.15) is 17.2 Å². The van der Waals surface area contributed by atoms with E-state index >= 15 is 0 Å². The molecule has 184 valence electrons. The van der Waals surface area contributed by atoms with Crippen molar-refractivity contribution < 1.29 is 23.7 Å². The summed E-state index contributed by atoms with van der Waals surface area (Å²) in [4.78, 5) is 24.3. The van der Waals surface area contributed by atoms with E-state index in [9.17, 15) is 4.79 Å². The first-order chi connectivity index (χ1) is 17.1. The quantitative estimate of drug-likeness (QED) is 0.577. The second-order valence-corrected chi connectivity index (χ2v) is 9.59. The van der Waals surface area contributed by atoms with Gasteiger partial charge in [0.25, 0.3) is 0 Å². The fourth-order valence-electron chi connectivity index (χ4n) is 5.30. The Morgan fingerprint density at radius 2 is 2.11 bits per heavy atom.